The molecule has 102 valence electrons. The fraction of sp³-hybridized carbons (Fsp3) is 0.562. The van der Waals surface area contributed by atoms with Crippen molar-refractivity contribution in [2.75, 3.05) is 7.11 Å². The highest BCUT2D eigenvalue weighted by atomic mass is 16.5. The molecule has 1 aromatic carbocycles. The molecule has 19 heavy (non-hydrogen) atoms. The number of aliphatic hydroxyl groups is 1. The lowest BCUT2D eigenvalue weighted by Crippen LogP contribution is -2.27. The number of ether oxygens (including phenoxy) is 1. The molecule has 1 aliphatic rings. The Hall–Kier alpha value is -1.53. The molecule has 2 rings (SSSR count). The molecule has 0 heterocycles. The molecule has 0 spiro atoms. The highest BCUT2D eigenvalue weighted by Gasteiger charge is 2.39. The molecular weight excluding hydrogens is 238 g/mol. The van der Waals surface area contributed by atoms with Crippen LogP contribution in [0.2, 0.25) is 0 Å². The summed E-state index contributed by atoms with van der Waals surface area (Å²) in [4.78, 5) is 0. The van der Waals surface area contributed by atoms with Crippen LogP contribution in [0.25, 0.3) is 0 Å². The topological polar surface area (TPSA) is 53.2 Å². The van der Waals surface area contributed by atoms with Gasteiger partial charge in [-0.15, -0.1) is 0 Å². The molecule has 0 bridgehead atoms. The molecule has 0 saturated heterocycles. The molecule has 3 heteroatoms. The van der Waals surface area contributed by atoms with E-state index in [0.29, 0.717) is 0 Å². The van der Waals surface area contributed by atoms with Crippen molar-refractivity contribution in [2.45, 2.75) is 44.6 Å². The number of benzene rings is 1. The highest BCUT2D eigenvalue weighted by Crippen LogP contribution is 2.44. The van der Waals surface area contributed by atoms with Gasteiger partial charge in [0, 0.05) is 0 Å². The van der Waals surface area contributed by atoms with Crippen LogP contribution >= 0.6 is 0 Å². The molecule has 1 fully saturated rings. The SMILES string of the molecule is COc1ccc(C(O)C2(C#N)CCCCCC2)cc1. The second-order valence-corrected chi connectivity index (χ2v) is 5.36. The van der Waals surface area contributed by atoms with Crippen LogP contribution in [0.5, 0.6) is 5.75 Å². The fourth-order valence-electron chi connectivity index (χ4n) is 2.91. The molecule has 3 nitrogen and oxygen atoms in total. The molecule has 0 radical (unpaired) electrons. The van der Waals surface area contributed by atoms with E-state index >= 15 is 0 Å². The first-order valence-electron chi connectivity index (χ1n) is 6.95. The monoisotopic (exact) mass is 259 g/mol. The van der Waals surface area contributed by atoms with Gasteiger partial charge in [-0.2, -0.15) is 5.26 Å². The van der Waals surface area contributed by atoms with Crippen molar-refractivity contribution in [3.05, 3.63) is 29.8 Å². The normalized spacial score (nSPS) is 20.1. The van der Waals surface area contributed by atoms with E-state index in [-0.39, 0.29) is 0 Å². The van der Waals surface area contributed by atoms with Gasteiger partial charge in [0.05, 0.1) is 24.7 Å². The van der Waals surface area contributed by atoms with Gasteiger partial charge in [-0.05, 0) is 30.5 Å². The summed E-state index contributed by atoms with van der Waals surface area (Å²) in [5.41, 5.74) is 0.190. The van der Waals surface area contributed by atoms with Gasteiger partial charge in [-0.1, -0.05) is 37.8 Å². The molecule has 1 aromatic rings. The van der Waals surface area contributed by atoms with E-state index in [9.17, 15) is 10.4 Å². The summed E-state index contributed by atoms with van der Waals surface area (Å²) >= 11 is 0. The van der Waals surface area contributed by atoms with Gasteiger partial charge in [0.1, 0.15) is 5.75 Å². The Morgan fingerprint density at radius 3 is 2.21 bits per heavy atom. The van der Waals surface area contributed by atoms with Crippen LogP contribution in [0, 0.1) is 16.7 Å². The maximum absolute atomic E-state index is 10.6. The average molecular weight is 259 g/mol. The van der Waals surface area contributed by atoms with E-state index in [0.717, 1.165) is 37.0 Å². The Labute approximate surface area is 114 Å². The van der Waals surface area contributed by atoms with Crippen molar-refractivity contribution in [3.8, 4) is 11.8 Å². The van der Waals surface area contributed by atoms with Crippen molar-refractivity contribution in [2.24, 2.45) is 5.41 Å². The van der Waals surface area contributed by atoms with Gasteiger partial charge in [0.15, 0.2) is 0 Å². The molecular formula is C16H21NO2. The van der Waals surface area contributed by atoms with Gasteiger partial charge >= 0.3 is 0 Å². The summed E-state index contributed by atoms with van der Waals surface area (Å²) in [5, 5.41) is 20.2. The van der Waals surface area contributed by atoms with Gasteiger partial charge in [0.25, 0.3) is 0 Å². The molecule has 1 N–H and O–H groups in total. The zero-order valence-electron chi connectivity index (χ0n) is 11.4. The second kappa shape index (κ2) is 6.08. The molecule has 1 unspecified atom stereocenters. The van der Waals surface area contributed by atoms with Gasteiger partial charge in [-0.25, -0.2) is 0 Å². The Kier molecular flexibility index (Phi) is 4.44. The Balaban J connectivity index is 2.23. The zero-order valence-corrected chi connectivity index (χ0v) is 11.4. The summed E-state index contributed by atoms with van der Waals surface area (Å²) in [6.45, 7) is 0. The number of nitrogens with zero attached hydrogens (tertiary/aromatic N) is 1. The van der Waals surface area contributed by atoms with Crippen molar-refractivity contribution in [3.63, 3.8) is 0 Å². The van der Waals surface area contributed by atoms with E-state index in [1.54, 1.807) is 7.11 Å². The fourth-order valence-corrected chi connectivity index (χ4v) is 2.91. The third-order valence-corrected chi connectivity index (χ3v) is 4.17. The third-order valence-electron chi connectivity index (χ3n) is 4.17. The van der Waals surface area contributed by atoms with Crippen LogP contribution in [0.4, 0.5) is 0 Å². The molecule has 0 aliphatic heterocycles. The predicted octanol–water partition coefficient (Wildman–Crippen LogP) is 3.59. The predicted molar refractivity (Wildman–Crippen MR) is 73.7 cm³/mol. The van der Waals surface area contributed by atoms with Crippen molar-refractivity contribution in [1.82, 2.24) is 0 Å². The molecule has 1 aliphatic carbocycles. The van der Waals surface area contributed by atoms with Gasteiger partial charge < -0.3 is 9.84 Å². The lowest BCUT2D eigenvalue weighted by molar-refractivity contribution is 0.0516. The number of hydrogen-bond donors (Lipinski definition) is 1. The number of hydrogen-bond acceptors (Lipinski definition) is 3. The van der Waals surface area contributed by atoms with Crippen LogP contribution in [-0.2, 0) is 0 Å². The largest absolute Gasteiger partial charge is 0.497 e. The van der Waals surface area contributed by atoms with Crippen LogP contribution in [0.3, 0.4) is 0 Å². The molecule has 0 amide bonds. The minimum absolute atomic E-state index is 0.620. The van der Waals surface area contributed by atoms with Crippen LogP contribution in [0.1, 0.15) is 50.2 Å². The van der Waals surface area contributed by atoms with E-state index in [1.807, 2.05) is 24.3 Å². The summed E-state index contributed by atoms with van der Waals surface area (Å²) in [7, 11) is 1.62. The lowest BCUT2D eigenvalue weighted by Gasteiger charge is -2.30. The van der Waals surface area contributed by atoms with Crippen molar-refractivity contribution < 1.29 is 9.84 Å². The first kappa shape index (κ1) is 13.9. The summed E-state index contributed by atoms with van der Waals surface area (Å²) in [6, 6.07) is 9.78. The number of methoxy groups -OCH3 is 1. The molecule has 1 atom stereocenters. The van der Waals surface area contributed by atoms with Crippen LogP contribution < -0.4 is 4.74 Å². The summed E-state index contributed by atoms with van der Waals surface area (Å²) in [5.74, 6) is 0.767. The van der Waals surface area contributed by atoms with E-state index in [4.69, 9.17) is 4.74 Å². The standard InChI is InChI=1S/C16H21NO2/c1-19-14-8-6-13(7-9-14)15(18)16(12-17)10-4-2-3-5-11-16/h6-9,15,18H,2-5,10-11H2,1H3. The quantitative estimate of drug-likeness (QED) is 0.844. The Morgan fingerprint density at radius 2 is 1.74 bits per heavy atom. The highest BCUT2D eigenvalue weighted by molar-refractivity contribution is 5.30. The number of nitriles is 1. The first-order chi connectivity index (χ1) is 9.22. The van der Waals surface area contributed by atoms with E-state index in [1.165, 1.54) is 12.8 Å². The van der Waals surface area contributed by atoms with E-state index < -0.39 is 11.5 Å². The minimum atomic E-state index is -0.707. The maximum atomic E-state index is 10.6. The maximum Gasteiger partial charge on any atom is 0.118 e. The minimum Gasteiger partial charge on any atom is -0.497 e. The van der Waals surface area contributed by atoms with Gasteiger partial charge in [-0.3, -0.25) is 0 Å². The summed E-state index contributed by atoms with van der Waals surface area (Å²) < 4.78 is 5.12. The van der Waals surface area contributed by atoms with Crippen LogP contribution in [-0.4, -0.2) is 12.2 Å². The second-order valence-electron chi connectivity index (χ2n) is 5.36. The van der Waals surface area contributed by atoms with E-state index in [2.05, 4.69) is 6.07 Å². The number of rotatable bonds is 3. The average Bonchev–Trinajstić information content (AvgIpc) is 2.73. The Morgan fingerprint density at radius 1 is 1.16 bits per heavy atom. The van der Waals surface area contributed by atoms with Gasteiger partial charge in [0.2, 0.25) is 0 Å². The van der Waals surface area contributed by atoms with Crippen LogP contribution in [0.15, 0.2) is 24.3 Å². The third kappa shape index (κ3) is 2.90. The lowest BCUT2D eigenvalue weighted by atomic mass is 9.74. The molecule has 1 saturated carbocycles. The van der Waals surface area contributed by atoms with Crippen molar-refractivity contribution >= 4 is 0 Å². The Bertz CT molecular complexity index is 439. The molecule has 0 aromatic heterocycles. The zero-order chi connectivity index (χ0) is 13.7. The smallest absolute Gasteiger partial charge is 0.118 e. The first-order valence-corrected chi connectivity index (χ1v) is 6.95. The number of aliphatic hydroxyl groups excluding tert-OH is 1. The summed E-state index contributed by atoms with van der Waals surface area (Å²) in [6.07, 6.45) is 5.26. The van der Waals surface area contributed by atoms with Crippen molar-refractivity contribution in [1.29, 1.82) is 5.26 Å².